The van der Waals surface area contributed by atoms with Gasteiger partial charge in [0.1, 0.15) is 0 Å². The van der Waals surface area contributed by atoms with Crippen molar-refractivity contribution in [1.29, 1.82) is 0 Å². The molecule has 0 aliphatic carbocycles. The molecule has 1 aliphatic heterocycles. The first-order valence-corrected chi connectivity index (χ1v) is 7.42. The molecule has 0 atom stereocenters. The van der Waals surface area contributed by atoms with Gasteiger partial charge in [-0.2, -0.15) is 0 Å². The molecule has 18 heavy (non-hydrogen) atoms. The number of hydrogen-bond acceptors (Lipinski definition) is 3. The first-order valence-electron chi connectivity index (χ1n) is 6.43. The average Bonchev–Trinajstić information content (AvgIpc) is 2.32. The van der Waals surface area contributed by atoms with Crippen LogP contribution in [-0.2, 0) is 5.75 Å². The number of benzene rings is 1. The molecule has 0 saturated heterocycles. The fourth-order valence-electron chi connectivity index (χ4n) is 1.91. The smallest absolute Gasteiger partial charge is 0.156 e. The van der Waals surface area contributed by atoms with Crippen LogP contribution in [-0.4, -0.2) is 18.3 Å². The van der Waals surface area contributed by atoms with Crippen LogP contribution in [0.1, 0.15) is 30.5 Å². The van der Waals surface area contributed by atoms with Crippen LogP contribution < -0.4 is 5.32 Å². The highest BCUT2D eigenvalue weighted by molar-refractivity contribution is 8.13. The molecule has 1 N–H and O–H groups in total. The van der Waals surface area contributed by atoms with Crippen LogP contribution in [0, 0.1) is 19.3 Å². The maximum atomic E-state index is 4.62. The Labute approximate surface area is 114 Å². The summed E-state index contributed by atoms with van der Waals surface area (Å²) in [4.78, 5) is 4.62. The molecule has 1 aromatic rings. The summed E-state index contributed by atoms with van der Waals surface area (Å²) in [5.41, 5.74) is 4.40. The Morgan fingerprint density at radius 1 is 1.33 bits per heavy atom. The van der Waals surface area contributed by atoms with Gasteiger partial charge in [0, 0.05) is 24.3 Å². The van der Waals surface area contributed by atoms with Crippen molar-refractivity contribution < 1.29 is 0 Å². The van der Waals surface area contributed by atoms with Crippen LogP contribution in [0.4, 0.5) is 0 Å². The highest BCUT2D eigenvalue weighted by Crippen LogP contribution is 2.23. The van der Waals surface area contributed by atoms with E-state index in [0.717, 1.165) is 24.0 Å². The first-order chi connectivity index (χ1) is 8.46. The van der Waals surface area contributed by atoms with E-state index in [-0.39, 0.29) is 0 Å². The SMILES string of the molecule is Cc1ccc(C)c(CSC2=NCC(C)(C)CN2)c1. The number of nitrogens with zero attached hydrogens (tertiary/aromatic N) is 1. The van der Waals surface area contributed by atoms with Crippen LogP contribution >= 0.6 is 11.8 Å². The van der Waals surface area contributed by atoms with Gasteiger partial charge in [0.15, 0.2) is 5.17 Å². The quantitative estimate of drug-likeness (QED) is 0.882. The minimum absolute atomic E-state index is 0.295. The number of hydrogen-bond donors (Lipinski definition) is 1. The highest BCUT2D eigenvalue weighted by atomic mass is 32.2. The van der Waals surface area contributed by atoms with Gasteiger partial charge in [-0.1, -0.05) is 49.4 Å². The summed E-state index contributed by atoms with van der Waals surface area (Å²) in [6, 6.07) is 6.64. The molecular formula is C15H22N2S. The first kappa shape index (κ1) is 13.5. The topological polar surface area (TPSA) is 24.4 Å². The van der Waals surface area contributed by atoms with Crippen molar-refractivity contribution in [2.24, 2.45) is 10.4 Å². The molecule has 0 aromatic heterocycles. The zero-order chi connectivity index (χ0) is 13.2. The van der Waals surface area contributed by atoms with Crippen LogP contribution in [0.2, 0.25) is 0 Å². The molecule has 0 amide bonds. The molecule has 0 radical (unpaired) electrons. The van der Waals surface area contributed by atoms with Crippen molar-refractivity contribution in [3.63, 3.8) is 0 Å². The Hall–Kier alpha value is -0.960. The zero-order valence-corrected chi connectivity index (χ0v) is 12.5. The molecular weight excluding hydrogens is 240 g/mol. The second-order valence-corrected chi connectivity index (χ2v) is 6.82. The predicted octanol–water partition coefficient (Wildman–Crippen LogP) is 3.52. The van der Waals surface area contributed by atoms with E-state index in [2.05, 4.69) is 56.2 Å². The van der Waals surface area contributed by atoms with Gasteiger partial charge in [-0.05, 0) is 25.0 Å². The average molecular weight is 262 g/mol. The molecule has 1 aliphatic rings. The molecule has 1 heterocycles. The lowest BCUT2D eigenvalue weighted by Gasteiger charge is -2.28. The monoisotopic (exact) mass is 262 g/mol. The minimum atomic E-state index is 0.295. The van der Waals surface area contributed by atoms with Crippen molar-refractivity contribution in [2.45, 2.75) is 33.4 Å². The van der Waals surface area contributed by atoms with Gasteiger partial charge >= 0.3 is 0 Å². The minimum Gasteiger partial charge on any atom is -0.364 e. The molecule has 0 bridgehead atoms. The van der Waals surface area contributed by atoms with Gasteiger partial charge < -0.3 is 5.32 Å². The lowest BCUT2D eigenvalue weighted by atomic mass is 9.93. The van der Waals surface area contributed by atoms with Gasteiger partial charge in [0.25, 0.3) is 0 Å². The third kappa shape index (κ3) is 3.52. The standard InChI is InChI=1S/C15H22N2S/c1-11-5-6-12(2)13(7-11)8-18-14-16-9-15(3,4)10-17-14/h5-7H,8-10H2,1-4H3,(H,16,17). The summed E-state index contributed by atoms with van der Waals surface area (Å²) in [7, 11) is 0. The Balaban J connectivity index is 1.96. The van der Waals surface area contributed by atoms with Gasteiger partial charge in [-0.25, -0.2) is 0 Å². The van der Waals surface area contributed by atoms with Crippen LogP contribution in [0.5, 0.6) is 0 Å². The number of amidine groups is 1. The molecule has 98 valence electrons. The molecule has 0 unspecified atom stereocenters. The molecule has 2 rings (SSSR count). The van der Waals surface area contributed by atoms with Crippen molar-refractivity contribution in [1.82, 2.24) is 5.32 Å². The van der Waals surface area contributed by atoms with E-state index in [9.17, 15) is 0 Å². The lowest BCUT2D eigenvalue weighted by molar-refractivity contribution is 0.364. The fraction of sp³-hybridized carbons (Fsp3) is 0.533. The Morgan fingerprint density at radius 2 is 2.11 bits per heavy atom. The fourth-order valence-corrected chi connectivity index (χ4v) is 2.84. The van der Waals surface area contributed by atoms with E-state index in [1.807, 2.05) is 11.8 Å². The molecule has 0 spiro atoms. The second-order valence-electron chi connectivity index (χ2n) is 5.86. The largest absolute Gasteiger partial charge is 0.364 e. The Morgan fingerprint density at radius 3 is 2.78 bits per heavy atom. The maximum absolute atomic E-state index is 4.62. The third-order valence-electron chi connectivity index (χ3n) is 3.24. The summed E-state index contributed by atoms with van der Waals surface area (Å²) < 4.78 is 0. The van der Waals surface area contributed by atoms with Gasteiger partial charge in [0.2, 0.25) is 0 Å². The van der Waals surface area contributed by atoms with Crippen LogP contribution in [0.25, 0.3) is 0 Å². The molecule has 2 nitrogen and oxygen atoms in total. The van der Waals surface area contributed by atoms with Crippen molar-refractivity contribution >= 4 is 16.9 Å². The number of aliphatic imine (C=N–C) groups is 1. The number of rotatable bonds is 2. The molecule has 3 heteroatoms. The van der Waals surface area contributed by atoms with E-state index in [1.54, 1.807) is 0 Å². The summed E-state index contributed by atoms with van der Waals surface area (Å²) >= 11 is 1.81. The second kappa shape index (κ2) is 5.35. The van der Waals surface area contributed by atoms with E-state index in [4.69, 9.17) is 0 Å². The maximum Gasteiger partial charge on any atom is 0.156 e. The van der Waals surface area contributed by atoms with Gasteiger partial charge in [0.05, 0.1) is 0 Å². The van der Waals surface area contributed by atoms with Crippen LogP contribution in [0.3, 0.4) is 0 Å². The summed E-state index contributed by atoms with van der Waals surface area (Å²) in [6.07, 6.45) is 0. The number of nitrogens with one attached hydrogen (secondary N) is 1. The normalized spacial score (nSPS) is 18.1. The lowest BCUT2D eigenvalue weighted by Crippen LogP contribution is -2.39. The van der Waals surface area contributed by atoms with E-state index in [0.29, 0.717) is 5.41 Å². The summed E-state index contributed by atoms with van der Waals surface area (Å²) in [6.45, 7) is 10.8. The zero-order valence-electron chi connectivity index (χ0n) is 11.7. The predicted molar refractivity (Wildman–Crippen MR) is 81.3 cm³/mol. The molecule has 0 saturated carbocycles. The number of thioether (sulfide) groups is 1. The molecule has 0 fully saturated rings. The van der Waals surface area contributed by atoms with E-state index < -0.39 is 0 Å². The Bertz CT molecular complexity index is 464. The Kier molecular flexibility index (Phi) is 4.00. The van der Waals surface area contributed by atoms with Crippen molar-refractivity contribution in [3.8, 4) is 0 Å². The highest BCUT2D eigenvalue weighted by Gasteiger charge is 2.22. The summed E-state index contributed by atoms with van der Waals surface area (Å²) in [5.74, 6) is 1.000. The van der Waals surface area contributed by atoms with Gasteiger partial charge in [-0.15, -0.1) is 0 Å². The van der Waals surface area contributed by atoms with Crippen LogP contribution in [0.15, 0.2) is 23.2 Å². The van der Waals surface area contributed by atoms with E-state index in [1.165, 1.54) is 16.7 Å². The summed E-state index contributed by atoms with van der Waals surface area (Å²) in [5, 5.41) is 4.52. The van der Waals surface area contributed by atoms with Gasteiger partial charge in [-0.3, -0.25) is 4.99 Å². The van der Waals surface area contributed by atoms with Crippen molar-refractivity contribution in [3.05, 3.63) is 34.9 Å². The molecule has 1 aromatic carbocycles. The van der Waals surface area contributed by atoms with Crippen molar-refractivity contribution in [2.75, 3.05) is 13.1 Å². The van der Waals surface area contributed by atoms with E-state index >= 15 is 0 Å². The number of aryl methyl sites for hydroxylation is 2. The third-order valence-corrected chi connectivity index (χ3v) is 4.24.